The van der Waals surface area contributed by atoms with E-state index in [1.165, 1.54) is 29.7 Å². The van der Waals surface area contributed by atoms with Gasteiger partial charge in [0.2, 0.25) is 0 Å². The number of piperazine rings is 1. The molecule has 1 saturated heterocycles. The number of carbonyl (C=O) groups excluding carboxylic acids is 1. The Kier molecular flexibility index (Phi) is 6.05. The molecule has 34 heavy (non-hydrogen) atoms. The summed E-state index contributed by atoms with van der Waals surface area (Å²) in [5.74, 6) is 0.458. The van der Waals surface area contributed by atoms with Crippen molar-refractivity contribution in [2.24, 2.45) is 16.7 Å². The lowest BCUT2D eigenvalue weighted by atomic mass is 9.66. The Morgan fingerprint density at radius 1 is 1.00 bits per heavy atom. The Morgan fingerprint density at radius 2 is 1.71 bits per heavy atom. The standard InChI is InChI=1S/C30H38N2O2/c1-5-34-28(33)22-10-12-25(13-11-22)32-18-16-31(17-19-32)21-23-8-6-7-9-26(23)27-20-24-14-15-30(27,4)29(24,2)3/h6-13,20,24H,5,14-19,21H2,1-4H3. The van der Waals surface area contributed by atoms with Crippen molar-refractivity contribution in [1.29, 1.82) is 0 Å². The predicted molar refractivity (Wildman–Crippen MR) is 139 cm³/mol. The third-order valence-corrected chi connectivity index (χ3v) is 9.08. The number of rotatable bonds is 6. The lowest BCUT2D eigenvalue weighted by Crippen LogP contribution is -2.46. The molecule has 2 aliphatic carbocycles. The number of fused-ring (bicyclic) bond motifs is 2. The molecule has 1 aliphatic heterocycles. The number of allylic oxidation sites excluding steroid dienone is 2. The van der Waals surface area contributed by atoms with E-state index in [2.05, 4.69) is 60.9 Å². The number of nitrogens with zero attached hydrogens (tertiary/aromatic N) is 2. The highest BCUT2D eigenvalue weighted by molar-refractivity contribution is 5.89. The molecular formula is C30H38N2O2. The summed E-state index contributed by atoms with van der Waals surface area (Å²) in [6, 6.07) is 16.9. The molecule has 2 unspecified atom stereocenters. The SMILES string of the molecule is CCOC(=O)c1ccc(N2CCN(Cc3ccccc3C3=CC4CCC3(C)C4(C)C)CC2)cc1. The summed E-state index contributed by atoms with van der Waals surface area (Å²) in [6.45, 7) is 14.7. The van der Waals surface area contributed by atoms with Crippen LogP contribution in [0.2, 0.25) is 0 Å². The van der Waals surface area contributed by atoms with Gasteiger partial charge in [-0.15, -0.1) is 0 Å². The molecule has 2 fully saturated rings. The minimum atomic E-state index is -0.250. The molecular weight excluding hydrogens is 420 g/mol. The third-order valence-electron chi connectivity index (χ3n) is 9.08. The zero-order chi connectivity index (χ0) is 23.9. The number of hydrogen-bond acceptors (Lipinski definition) is 4. The van der Waals surface area contributed by atoms with E-state index in [9.17, 15) is 4.79 Å². The lowest BCUT2D eigenvalue weighted by molar-refractivity contribution is 0.0526. The highest BCUT2D eigenvalue weighted by Crippen LogP contribution is 2.67. The van der Waals surface area contributed by atoms with Gasteiger partial charge >= 0.3 is 5.97 Å². The number of hydrogen-bond donors (Lipinski definition) is 0. The van der Waals surface area contributed by atoms with Gasteiger partial charge in [0.05, 0.1) is 12.2 Å². The van der Waals surface area contributed by atoms with Crippen LogP contribution in [0.5, 0.6) is 0 Å². The Balaban J connectivity index is 1.25. The summed E-state index contributed by atoms with van der Waals surface area (Å²) in [7, 11) is 0. The summed E-state index contributed by atoms with van der Waals surface area (Å²) >= 11 is 0. The topological polar surface area (TPSA) is 32.8 Å². The van der Waals surface area contributed by atoms with E-state index < -0.39 is 0 Å². The van der Waals surface area contributed by atoms with Crippen LogP contribution in [0.15, 0.2) is 54.6 Å². The minimum Gasteiger partial charge on any atom is -0.462 e. The van der Waals surface area contributed by atoms with E-state index in [1.54, 1.807) is 5.57 Å². The number of benzene rings is 2. The van der Waals surface area contributed by atoms with Gasteiger partial charge in [-0.05, 0) is 77.5 Å². The number of carbonyl (C=O) groups is 1. The lowest BCUT2D eigenvalue weighted by Gasteiger charge is -2.39. The Labute approximate surface area is 204 Å². The maximum absolute atomic E-state index is 11.9. The summed E-state index contributed by atoms with van der Waals surface area (Å²) in [5.41, 5.74) is 6.95. The van der Waals surface area contributed by atoms with Gasteiger partial charge in [0.15, 0.2) is 0 Å². The number of esters is 1. The number of anilines is 1. The van der Waals surface area contributed by atoms with Crippen LogP contribution >= 0.6 is 0 Å². The number of ether oxygens (including phenoxy) is 1. The van der Waals surface area contributed by atoms with E-state index in [0.717, 1.165) is 32.7 Å². The summed E-state index contributed by atoms with van der Waals surface area (Å²) in [5, 5.41) is 0. The predicted octanol–water partition coefficient (Wildman–Crippen LogP) is 6.03. The maximum atomic E-state index is 11.9. The van der Waals surface area contributed by atoms with Gasteiger partial charge in [-0.25, -0.2) is 4.79 Å². The molecule has 2 aromatic carbocycles. The molecule has 1 saturated carbocycles. The molecule has 0 amide bonds. The molecule has 1 heterocycles. The molecule has 180 valence electrons. The Hall–Kier alpha value is -2.59. The molecule has 4 heteroatoms. The van der Waals surface area contributed by atoms with E-state index >= 15 is 0 Å². The summed E-state index contributed by atoms with van der Waals surface area (Å²) < 4.78 is 5.10. The second-order valence-electron chi connectivity index (χ2n) is 11.0. The van der Waals surface area contributed by atoms with Crippen molar-refractivity contribution in [2.45, 2.75) is 47.1 Å². The molecule has 5 rings (SSSR count). The highest BCUT2D eigenvalue weighted by atomic mass is 16.5. The molecule has 2 bridgehead atoms. The maximum Gasteiger partial charge on any atom is 0.338 e. The molecule has 2 aromatic rings. The monoisotopic (exact) mass is 458 g/mol. The zero-order valence-corrected chi connectivity index (χ0v) is 21.1. The first-order chi connectivity index (χ1) is 16.3. The summed E-state index contributed by atoms with van der Waals surface area (Å²) in [4.78, 5) is 16.9. The smallest absolute Gasteiger partial charge is 0.338 e. The van der Waals surface area contributed by atoms with Gasteiger partial charge < -0.3 is 9.64 Å². The molecule has 0 radical (unpaired) electrons. The molecule has 3 aliphatic rings. The van der Waals surface area contributed by atoms with Crippen molar-refractivity contribution in [3.63, 3.8) is 0 Å². The zero-order valence-electron chi connectivity index (χ0n) is 21.1. The van der Waals surface area contributed by atoms with Crippen LogP contribution in [-0.4, -0.2) is 43.7 Å². The van der Waals surface area contributed by atoms with Crippen LogP contribution in [0.1, 0.15) is 62.0 Å². The van der Waals surface area contributed by atoms with Crippen molar-refractivity contribution >= 4 is 17.2 Å². The fourth-order valence-electron chi connectivity index (χ4n) is 6.43. The van der Waals surface area contributed by atoms with Crippen molar-refractivity contribution in [2.75, 3.05) is 37.7 Å². The van der Waals surface area contributed by atoms with Crippen molar-refractivity contribution in [1.82, 2.24) is 4.90 Å². The molecule has 4 nitrogen and oxygen atoms in total. The first-order valence-electron chi connectivity index (χ1n) is 12.9. The fraction of sp³-hybridized carbons (Fsp3) is 0.500. The largest absolute Gasteiger partial charge is 0.462 e. The van der Waals surface area contributed by atoms with E-state index in [4.69, 9.17) is 4.74 Å². The van der Waals surface area contributed by atoms with Crippen molar-refractivity contribution in [3.8, 4) is 0 Å². The minimum absolute atomic E-state index is 0.250. The van der Waals surface area contributed by atoms with Crippen LogP contribution in [-0.2, 0) is 11.3 Å². The first kappa shape index (κ1) is 23.2. The van der Waals surface area contributed by atoms with E-state index in [-0.39, 0.29) is 11.4 Å². The van der Waals surface area contributed by atoms with E-state index in [0.29, 0.717) is 23.5 Å². The van der Waals surface area contributed by atoms with Crippen LogP contribution in [0.25, 0.3) is 5.57 Å². The van der Waals surface area contributed by atoms with Crippen LogP contribution in [0, 0.1) is 16.7 Å². The van der Waals surface area contributed by atoms with Crippen LogP contribution in [0.4, 0.5) is 5.69 Å². The first-order valence-corrected chi connectivity index (χ1v) is 12.9. The fourth-order valence-corrected chi connectivity index (χ4v) is 6.43. The van der Waals surface area contributed by atoms with Gasteiger partial charge in [0.25, 0.3) is 0 Å². The van der Waals surface area contributed by atoms with E-state index in [1.807, 2.05) is 31.2 Å². The molecule has 2 atom stereocenters. The Bertz CT molecular complexity index is 1080. The van der Waals surface area contributed by atoms with Crippen molar-refractivity contribution in [3.05, 3.63) is 71.3 Å². The van der Waals surface area contributed by atoms with Gasteiger partial charge in [0, 0.05) is 38.4 Å². The second kappa shape index (κ2) is 8.88. The normalized spacial score (nSPS) is 25.9. The average Bonchev–Trinajstić information content (AvgIpc) is 3.19. The van der Waals surface area contributed by atoms with Crippen LogP contribution < -0.4 is 4.90 Å². The quantitative estimate of drug-likeness (QED) is 0.495. The molecule has 0 aromatic heterocycles. The van der Waals surface area contributed by atoms with Gasteiger partial charge in [-0.1, -0.05) is 51.1 Å². The second-order valence-corrected chi connectivity index (χ2v) is 11.0. The molecule has 0 N–H and O–H groups in total. The van der Waals surface area contributed by atoms with Crippen LogP contribution in [0.3, 0.4) is 0 Å². The summed E-state index contributed by atoms with van der Waals surface area (Å²) in [6.07, 6.45) is 5.23. The molecule has 0 spiro atoms. The highest BCUT2D eigenvalue weighted by Gasteiger charge is 2.57. The van der Waals surface area contributed by atoms with Gasteiger partial charge in [-0.2, -0.15) is 0 Å². The van der Waals surface area contributed by atoms with Gasteiger partial charge in [0.1, 0.15) is 0 Å². The van der Waals surface area contributed by atoms with Crippen molar-refractivity contribution < 1.29 is 9.53 Å². The average molecular weight is 459 g/mol. The van der Waals surface area contributed by atoms with Gasteiger partial charge in [-0.3, -0.25) is 4.90 Å². The third kappa shape index (κ3) is 3.86. The Morgan fingerprint density at radius 3 is 2.32 bits per heavy atom.